The molecular formula is C9H5BrCl2N2OS. The van der Waals surface area contributed by atoms with Crippen LogP contribution in [0.1, 0.15) is 5.69 Å². The molecule has 0 radical (unpaired) electrons. The molecule has 0 N–H and O–H groups in total. The first kappa shape index (κ1) is 12.1. The van der Waals surface area contributed by atoms with Gasteiger partial charge in [-0.05, 0) is 34.1 Å². The lowest BCUT2D eigenvalue weighted by Crippen LogP contribution is -1.97. The average Bonchev–Trinajstić information content (AvgIpc) is 2.63. The van der Waals surface area contributed by atoms with Gasteiger partial charge in [0.15, 0.2) is 0 Å². The maximum Gasteiger partial charge on any atom is 0.141 e. The quantitative estimate of drug-likeness (QED) is 0.841. The number of hydrogen-bond donors (Lipinski definition) is 0. The average molecular weight is 340 g/mol. The SMILES string of the molecule is Clc1ccc(OCc2nnsc2Cl)c(Br)c1. The largest absolute Gasteiger partial charge is 0.486 e. The van der Waals surface area contributed by atoms with Crippen molar-refractivity contribution in [2.45, 2.75) is 6.61 Å². The lowest BCUT2D eigenvalue weighted by Gasteiger charge is -2.06. The lowest BCUT2D eigenvalue weighted by atomic mass is 10.3. The van der Waals surface area contributed by atoms with Gasteiger partial charge in [0, 0.05) is 16.6 Å². The van der Waals surface area contributed by atoms with Gasteiger partial charge in [-0.2, -0.15) is 0 Å². The molecule has 16 heavy (non-hydrogen) atoms. The topological polar surface area (TPSA) is 35.0 Å². The molecule has 1 heterocycles. The number of aromatic nitrogens is 2. The molecule has 0 amide bonds. The first-order valence-corrected chi connectivity index (χ1v) is 6.53. The molecule has 3 nitrogen and oxygen atoms in total. The summed E-state index contributed by atoms with van der Waals surface area (Å²) in [5.74, 6) is 0.688. The summed E-state index contributed by atoms with van der Waals surface area (Å²) in [6.07, 6.45) is 0. The molecular weight excluding hydrogens is 335 g/mol. The van der Waals surface area contributed by atoms with Crippen LogP contribution in [0.2, 0.25) is 9.36 Å². The van der Waals surface area contributed by atoms with Gasteiger partial charge in [-0.3, -0.25) is 0 Å². The van der Waals surface area contributed by atoms with Crippen molar-refractivity contribution >= 4 is 50.7 Å². The summed E-state index contributed by atoms with van der Waals surface area (Å²) in [6, 6.07) is 5.29. The van der Waals surface area contributed by atoms with Crippen molar-refractivity contribution in [1.29, 1.82) is 0 Å². The molecule has 0 aliphatic heterocycles. The highest BCUT2D eigenvalue weighted by molar-refractivity contribution is 9.10. The molecule has 0 bridgehead atoms. The number of hydrogen-bond acceptors (Lipinski definition) is 4. The molecule has 2 aromatic rings. The summed E-state index contributed by atoms with van der Waals surface area (Å²) in [5, 5.41) is 4.49. The van der Waals surface area contributed by atoms with Crippen LogP contribution in [0, 0.1) is 0 Å². The van der Waals surface area contributed by atoms with Crippen molar-refractivity contribution in [2.24, 2.45) is 0 Å². The van der Waals surface area contributed by atoms with E-state index in [1.807, 2.05) is 0 Å². The van der Waals surface area contributed by atoms with Crippen molar-refractivity contribution in [1.82, 2.24) is 9.59 Å². The molecule has 0 unspecified atom stereocenters. The second-order valence-electron chi connectivity index (χ2n) is 2.86. The molecule has 7 heteroatoms. The van der Waals surface area contributed by atoms with E-state index in [0.29, 0.717) is 20.8 Å². The second kappa shape index (κ2) is 5.31. The van der Waals surface area contributed by atoms with Crippen LogP contribution in [-0.2, 0) is 6.61 Å². The Morgan fingerprint density at radius 1 is 1.38 bits per heavy atom. The predicted molar refractivity (Wildman–Crippen MR) is 68.4 cm³/mol. The molecule has 0 atom stereocenters. The Morgan fingerprint density at radius 3 is 2.81 bits per heavy atom. The first-order valence-electron chi connectivity index (χ1n) is 4.21. The predicted octanol–water partition coefficient (Wildman–Crippen LogP) is 4.19. The van der Waals surface area contributed by atoms with Gasteiger partial charge >= 0.3 is 0 Å². The normalized spacial score (nSPS) is 10.4. The Morgan fingerprint density at radius 2 is 2.19 bits per heavy atom. The highest BCUT2D eigenvalue weighted by Crippen LogP contribution is 2.29. The molecule has 0 saturated carbocycles. The Labute approximate surface area is 115 Å². The van der Waals surface area contributed by atoms with E-state index in [1.54, 1.807) is 18.2 Å². The molecule has 1 aromatic carbocycles. The van der Waals surface area contributed by atoms with Crippen molar-refractivity contribution in [3.8, 4) is 5.75 Å². The number of halogens is 3. The minimum Gasteiger partial charge on any atom is -0.486 e. The van der Waals surface area contributed by atoms with E-state index in [0.717, 1.165) is 16.0 Å². The zero-order valence-electron chi connectivity index (χ0n) is 7.78. The van der Waals surface area contributed by atoms with E-state index in [1.165, 1.54) is 0 Å². The minimum atomic E-state index is 0.287. The van der Waals surface area contributed by atoms with E-state index in [9.17, 15) is 0 Å². The minimum absolute atomic E-state index is 0.287. The standard InChI is InChI=1S/C9H5BrCl2N2OS/c10-6-3-5(11)1-2-8(6)15-4-7-9(12)16-14-13-7/h1-3H,4H2. The van der Waals surface area contributed by atoms with Crippen LogP contribution in [0.4, 0.5) is 0 Å². The Bertz CT molecular complexity index is 506. The van der Waals surface area contributed by atoms with Gasteiger partial charge in [0.1, 0.15) is 22.4 Å². The Balaban J connectivity index is 2.08. The van der Waals surface area contributed by atoms with Gasteiger partial charge in [-0.1, -0.05) is 27.7 Å². The summed E-state index contributed by atoms with van der Waals surface area (Å²) in [6.45, 7) is 0.287. The van der Waals surface area contributed by atoms with Crippen LogP contribution in [0.5, 0.6) is 5.75 Å². The van der Waals surface area contributed by atoms with Crippen molar-refractivity contribution in [2.75, 3.05) is 0 Å². The zero-order valence-corrected chi connectivity index (χ0v) is 11.7. The van der Waals surface area contributed by atoms with E-state index in [4.69, 9.17) is 27.9 Å². The maximum absolute atomic E-state index is 5.85. The summed E-state index contributed by atoms with van der Waals surface area (Å²) < 4.78 is 10.6. The maximum atomic E-state index is 5.85. The Hall–Kier alpha value is -0.360. The number of nitrogens with zero attached hydrogens (tertiary/aromatic N) is 2. The van der Waals surface area contributed by atoms with Crippen LogP contribution >= 0.6 is 50.7 Å². The van der Waals surface area contributed by atoms with Crippen LogP contribution in [0.3, 0.4) is 0 Å². The third-order valence-corrected chi connectivity index (χ3v) is 3.61. The zero-order chi connectivity index (χ0) is 11.5. The number of rotatable bonds is 3. The van der Waals surface area contributed by atoms with Crippen molar-refractivity contribution in [3.05, 3.63) is 37.7 Å². The van der Waals surface area contributed by atoms with E-state index >= 15 is 0 Å². The van der Waals surface area contributed by atoms with Crippen LogP contribution in [-0.4, -0.2) is 9.59 Å². The van der Waals surface area contributed by atoms with Gasteiger partial charge < -0.3 is 4.74 Å². The number of ether oxygens (including phenoxy) is 1. The molecule has 0 saturated heterocycles. The summed E-state index contributed by atoms with van der Waals surface area (Å²) >= 11 is 16.2. The molecule has 84 valence electrons. The molecule has 0 spiro atoms. The van der Waals surface area contributed by atoms with E-state index in [2.05, 4.69) is 25.5 Å². The lowest BCUT2D eigenvalue weighted by molar-refractivity contribution is 0.299. The van der Waals surface area contributed by atoms with E-state index < -0.39 is 0 Å². The first-order chi connectivity index (χ1) is 7.66. The third kappa shape index (κ3) is 2.85. The number of benzene rings is 1. The van der Waals surface area contributed by atoms with Crippen molar-refractivity contribution < 1.29 is 4.74 Å². The summed E-state index contributed by atoms with van der Waals surface area (Å²) in [7, 11) is 0. The molecule has 0 fully saturated rings. The summed E-state index contributed by atoms with van der Waals surface area (Å²) in [5.41, 5.74) is 0.633. The molecule has 0 aliphatic carbocycles. The van der Waals surface area contributed by atoms with Crippen LogP contribution in [0.15, 0.2) is 22.7 Å². The van der Waals surface area contributed by atoms with Crippen LogP contribution in [0.25, 0.3) is 0 Å². The van der Waals surface area contributed by atoms with Gasteiger partial charge in [-0.15, -0.1) is 5.10 Å². The highest BCUT2D eigenvalue weighted by Gasteiger charge is 2.07. The fourth-order valence-electron chi connectivity index (χ4n) is 1.02. The summed E-state index contributed by atoms with van der Waals surface area (Å²) in [4.78, 5) is 0. The van der Waals surface area contributed by atoms with Gasteiger partial charge in [0.25, 0.3) is 0 Å². The third-order valence-electron chi connectivity index (χ3n) is 1.77. The second-order valence-corrected chi connectivity index (χ2v) is 5.50. The van der Waals surface area contributed by atoms with Gasteiger partial charge in [0.2, 0.25) is 0 Å². The van der Waals surface area contributed by atoms with Gasteiger partial charge in [-0.25, -0.2) is 0 Å². The smallest absolute Gasteiger partial charge is 0.141 e. The van der Waals surface area contributed by atoms with E-state index in [-0.39, 0.29) is 6.61 Å². The highest BCUT2D eigenvalue weighted by atomic mass is 79.9. The molecule has 0 aliphatic rings. The fraction of sp³-hybridized carbons (Fsp3) is 0.111. The fourth-order valence-corrected chi connectivity index (χ4v) is 2.42. The molecule has 2 rings (SSSR count). The van der Waals surface area contributed by atoms with Crippen LogP contribution < -0.4 is 4.74 Å². The Kier molecular flexibility index (Phi) is 4.02. The van der Waals surface area contributed by atoms with Gasteiger partial charge in [0.05, 0.1) is 4.47 Å². The monoisotopic (exact) mass is 338 g/mol. The van der Waals surface area contributed by atoms with Crippen molar-refractivity contribution in [3.63, 3.8) is 0 Å². The molecule has 1 aromatic heterocycles.